The lowest BCUT2D eigenvalue weighted by molar-refractivity contribution is 0.00867. The fourth-order valence-corrected chi connectivity index (χ4v) is 3.56. The molecule has 1 aromatic carbocycles. The number of hydrogen-bond acceptors (Lipinski definition) is 5. The summed E-state index contributed by atoms with van der Waals surface area (Å²) in [6, 6.07) is 8.00. The van der Waals surface area contributed by atoms with Gasteiger partial charge in [0.05, 0.1) is 32.0 Å². The highest BCUT2D eigenvalue weighted by Crippen LogP contribution is 2.20. The summed E-state index contributed by atoms with van der Waals surface area (Å²) in [6.45, 7) is 15.8. The first-order chi connectivity index (χ1) is 14.4. The number of nitrogens with one attached hydrogen (secondary N) is 2. The molecular formula is C23H41IN4O3. The van der Waals surface area contributed by atoms with E-state index in [9.17, 15) is 5.11 Å². The number of nitrogens with zero attached hydrogens (tertiary/aromatic N) is 2. The van der Waals surface area contributed by atoms with Crippen molar-refractivity contribution in [1.29, 1.82) is 0 Å². The van der Waals surface area contributed by atoms with E-state index in [1.165, 1.54) is 0 Å². The van der Waals surface area contributed by atoms with Crippen molar-refractivity contribution < 1.29 is 14.6 Å². The third-order valence-electron chi connectivity index (χ3n) is 5.14. The molecule has 1 aromatic rings. The minimum atomic E-state index is -0.648. The van der Waals surface area contributed by atoms with Crippen LogP contribution >= 0.6 is 24.0 Å². The Morgan fingerprint density at radius 2 is 1.90 bits per heavy atom. The number of morpholine rings is 1. The van der Waals surface area contributed by atoms with Gasteiger partial charge in [-0.25, -0.2) is 0 Å². The minimum Gasteiger partial charge on any atom is -0.491 e. The second-order valence-corrected chi connectivity index (χ2v) is 8.32. The Labute approximate surface area is 205 Å². The number of aliphatic hydroxyl groups is 1. The topological polar surface area (TPSA) is 78.4 Å². The number of hydrogen-bond donors (Lipinski definition) is 3. The monoisotopic (exact) mass is 548 g/mol. The van der Waals surface area contributed by atoms with Crippen LogP contribution in [0.5, 0.6) is 5.75 Å². The van der Waals surface area contributed by atoms with Crippen molar-refractivity contribution in [3.05, 3.63) is 29.8 Å². The fourth-order valence-electron chi connectivity index (χ4n) is 3.56. The van der Waals surface area contributed by atoms with E-state index in [1.54, 1.807) is 0 Å². The summed E-state index contributed by atoms with van der Waals surface area (Å²) in [5, 5.41) is 17.2. The van der Waals surface area contributed by atoms with Gasteiger partial charge in [-0.15, -0.1) is 24.0 Å². The zero-order chi connectivity index (χ0) is 21.9. The van der Waals surface area contributed by atoms with Gasteiger partial charge in [-0.2, -0.15) is 0 Å². The summed E-state index contributed by atoms with van der Waals surface area (Å²) in [4.78, 5) is 7.28. The van der Waals surface area contributed by atoms with Crippen LogP contribution in [0.3, 0.4) is 0 Å². The van der Waals surface area contributed by atoms with Crippen molar-refractivity contribution in [3.8, 4) is 5.75 Å². The number of rotatable bonds is 10. The predicted octanol–water partition coefficient (Wildman–Crippen LogP) is 3.04. The summed E-state index contributed by atoms with van der Waals surface area (Å²) in [5.74, 6) is 2.00. The van der Waals surface area contributed by atoms with Gasteiger partial charge in [0.25, 0.3) is 0 Å². The summed E-state index contributed by atoms with van der Waals surface area (Å²) in [5.41, 5.74) is 0.824. The lowest BCUT2D eigenvalue weighted by Gasteiger charge is -2.36. The number of benzene rings is 1. The van der Waals surface area contributed by atoms with E-state index in [0.29, 0.717) is 25.0 Å². The van der Waals surface area contributed by atoms with Gasteiger partial charge in [-0.05, 0) is 44.4 Å². The van der Waals surface area contributed by atoms with E-state index >= 15 is 0 Å². The summed E-state index contributed by atoms with van der Waals surface area (Å²) >= 11 is 0. The molecule has 1 heterocycles. The number of halogens is 1. The smallest absolute Gasteiger partial charge is 0.191 e. The van der Waals surface area contributed by atoms with Crippen molar-refractivity contribution in [3.63, 3.8) is 0 Å². The van der Waals surface area contributed by atoms with E-state index < -0.39 is 6.10 Å². The maximum atomic E-state index is 10.6. The summed E-state index contributed by atoms with van der Waals surface area (Å²) in [6.07, 6.45) is -0.548. The molecule has 1 saturated heterocycles. The maximum absolute atomic E-state index is 10.6. The summed E-state index contributed by atoms with van der Waals surface area (Å²) < 4.78 is 11.2. The molecule has 0 aromatic heterocycles. The third-order valence-corrected chi connectivity index (χ3v) is 5.14. The molecule has 0 spiro atoms. The average Bonchev–Trinajstić information content (AvgIpc) is 2.72. The summed E-state index contributed by atoms with van der Waals surface area (Å²) in [7, 11) is 0. The SMILES string of the molecule is CCNC(=NCC(C(C)C)N1CCOCC1)NCC(O)c1cccc(OC(C)C)c1.I. The van der Waals surface area contributed by atoms with E-state index in [4.69, 9.17) is 14.5 Å². The number of guanidine groups is 1. The van der Waals surface area contributed by atoms with Crippen LogP contribution in [0.4, 0.5) is 0 Å². The van der Waals surface area contributed by atoms with Crippen LogP contribution in [0.15, 0.2) is 29.3 Å². The highest BCUT2D eigenvalue weighted by molar-refractivity contribution is 14.0. The molecule has 1 aliphatic heterocycles. The first-order valence-electron chi connectivity index (χ1n) is 11.2. The van der Waals surface area contributed by atoms with Gasteiger partial charge < -0.3 is 25.2 Å². The molecular weight excluding hydrogens is 507 g/mol. The average molecular weight is 549 g/mol. The van der Waals surface area contributed by atoms with Crippen LogP contribution in [-0.4, -0.2) is 74.0 Å². The largest absolute Gasteiger partial charge is 0.491 e. The van der Waals surface area contributed by atoms with E-state index in [2.05, 4.69) is 29.4 Å². The van der Waals surface area contributed by atoms with Gasteiger partial charge >= 0.3 is 0 Å². The maximum Gasteiger partial charge on any atom is 0.191 e. The number of ether oxygens (including phenoxy) is 2. The van der Waals surface area contributed by atoms with Crippen LogP contribution in [-0.2, 0) is 4.74 Å². The molecule has 3 N–H and O–H groups in total. The molecule has 2 rings (SSSR count). The lowest BCUT2D eigenvalue weighted by atomic mass is 10.0. The zero-order valence-corrected chi connectivity index (χ0v) is 22.0. The Kier molecular flexibility index (Phi) is 13.4. The Morgan fingerprint density at radius 3 is 2.52 bits per heavy atom. The lowest BCUT2D eigenvalue weighted by Crippen LogP contribution is -2.48. The molecule has 0 aliphatic carbocycles. The predicted molar refractivity (Wildman–Crippen MR) is 138 cm³/mol. The molecule has 178 valence electrons. The van der Waals surface area contributed by atoms with E-state index in [0.717, 1.165) is 50.1 Å². The Hall–Kier alpha value is -1.10. The van der Waals surface area contributed by atoms with Crippen LogP contribution in [0, 0.1) is 5.92 Å². The first-order valence-corrected chi connectivity index (χ1v) is 11.2. The molecule has 2 unspecified atom stereocenters. The van der Waals surface area contributed by atoms with Gasteiger partial charge in [0.2, 0.25) is 0 Å². The van der Waals surface area contributed by atoms with Crippen LogP contribution < -0.4 is 15.4 Å². The second-order valence-electron chi connectivity index (χ2n) is 8.32. The quantitative estimate of drug-likeness (QED) is 0.237. The van der Waals surface area contributed by atoms with Crippen LogP contribution in [0.2, 0.25) is 0 Å². The molecule has 0 radical (unpaired) electrons. The molecule has 1 fully saturated rings. The normalized spacial score (nSPS) is 17.2. The molecule has 0 amide bonds. The molecule has 8 heteroatoms. The van der Waals surface area contributed by atoms with Crippen molar-refractivity contribution in [2.24, 2.45) is 10.9 Å². The van der Waals surface area contributed by atoms with Gasteiger partial charge in [-0.1, -0.05) is 26.0 Å². The highest BCUT2D eigenvalue weighted by Gasteiger charge is 2.23. The van der Waals surface area contributed by atoms with Gasteiger partial charge in [0, 0.05) is 32.2 Å². The Morgan fingerprint density at radius 1 is 1.19 bits per heavy atom. The van der Waals surface area contributed by atoms with E-state index in [1.807, 2.05) is 45.0 Å². The van der Waals surface area contributed by atoms with Crippen molar-refractivity contribution in [1.82, 2.24) is 15.5 Å². The molecule has 1 aliphatic rings. The third kappa shape index (κ3) is 9.93. The molecule has 2 atom stereocenters. The standard InChI is InChI=1S/C23H40N4O3.HI/c1-6-24-23(25-15-21(17(2)3)27-10-12-29-13-11-27)26-16-22(28)19-8-7-9-20(14-19)30-18(4)5;/h7-9,14,17-18,21-22,28H,6,10-13,15-16H2,1-5H3,(H2,24,25,26);1H. The second kappa shape index (κ2) is 14.9. The Balaban J connectivity index is 0.00000480. The van der Waals surface area contributed by atoms with E-state index in [-0.39, 0.29) is 30.1 Å². The number of aliphatic imine (C=N–C) groups is 1. The number of aliphatic hydroxyl groups excluding tert-OH is 1. The fraction of sp³-hybridized carbons (Fsp3) is 0.696. The van der Waals surface area contributed by atoms with Crippen LogP contribution in [0.1, 0.15) is 46.3 Å². The highest BCUT2D eigenvalue weighted by atomic mass is 127. The van der Waals surface area contributed by atoms with Crippen LogP contribution in [0.25, 0.3) is 0 Å². The molecule has 7 nitrogen and oxygen atoms in total. The Bertz CT molecular complexity index is 651. The van der Waals surface area contributed by atoms with Crippen molar-refractivity contribution in [2.45, 2.75) is 52.9 Å². The van der Waals surface area contributed by atoms with Gasteiger partial charge in [-0.3, -0.25) is 9.89 Å². The minimum absolute atomic E-state index is 0. The zero-order valence-electron chi connectivity index (χ0n) is 19.6. The first kappa shape index (κ1) is 27.9. The van der Waals surface area contributed by atoms with Gasteiger partial charge in [0.15, 0.2) is 5.96 Å². The van der Waals surface area contributed by atoms with Crippen molar-refractivity contribution >= 4 is 29.9 Å². The molecule has 31 heavy (non-hydrogen) atoms. The molecule has 0 saturated carbocycles. The van der Waals surface area contributed by atoms with Gasteiger partial charge in [0.1, 0.15) is 5.75 Å². The van der Waals surface area contributed by atoms with Crippen molar-refractivity contribution in [2.75, 3.05) is 45.9 Å². The molecule has 0 bridgehead atoms.